The van der Waals surface area contributed by atoms with Crippen molar-refractivity contribution < 1.29 is 0 Å². The molecule has 74 valence electrons. The molecule has 0 aliphatic heterocycles. The molecule has 0 amide bonds. The zero-order chi connectivity index (χ0) is 9.68. The normalized spacial score (nSPS) is 11.0. The van der Waals surface area contributed by atoms with Crippen LogP contribution < -0.4 is 5.73 Å². The molecule has 0 bridgehead atoms. The highest BCUT2D eigenvalue weighted by Crippen LogP contribution is 2.27. The minimum absolute atomic E-state index is 0.628. The zero-order valence-corrected chi connectivity index (χ0v) is 9.23. The van der Waals surface area contributed by atoms with Crippen molar-refractivity contribution in [2.75, 3.05) is 5.73 Å². The van der Waals surface area contributed by atoms with E-state index in [-0.39, 0.29) is 0 Å². The van der Waals surface area contributed by atoms with Gasteiger partial charge in [0.15, 0.2) is 5.13 Å². The van der Waals surface area contributed by atoms with Crippen LogP contribution in [0, 0.1) is 0 Å². The van der Waals surface area contributed by atoms with E-state index in [0.29, 0.717) is 11.0 Å². The zero-order valence-electron chi connectivity index (χ0n) is 8.42. The average Bonchev–Trinajstić information content (AvgIpc) is 2.51. The Morgan fingerprint density at radius 1 is 1.38 bits per heavy atom. The van der Waals surface area contributed by atoms with Gasteiger partial charge in [0.2, 0.25) is 0 Å². The first-order valence-electron chi connectivity index (χ1n) is 4.98. The van der Waals surface area contributed by atoms with Crippen LogP contribution in [0.1, 0.15) is 51.1 Å². The second-order valence-corrected chi connectivity index (χ2v) is 4.27. The number of nitrogen functional groups attached to an aromatic ring is 1. The van der Waals surface area contributed by atoms with Crippen LogP contribution in [0.4, 0.5) is 5.13 Å². The molecule has 2 N–H and O–H groups in total. The lowest BCUT2D eigenvalue weighted by atomic mass is 9.96. The summed E-state index contributed by atoms with van der Waals surface area (Å²) in [5.74, 6) is 0.628. The summed E-state index contributed by atoms with van der Waals surface area (Å²) in [6, 6.07) is 0. The SMILES string of the molecule is CCCC(CCC)c1csc(N)n1. The first kappa shape index (κ1) is 10.5. The van der Waals surface area contributed by atoms with Crippen LogP contribution in [-0.2, 0) is 0 Å². The summed E-state index contributed by atoms with van der Waals surface area (Å²) >= 11 is 1.55. The third-order valence-electron chi connectivity index (χ3n) is 2.23. The van der Waals surface area contributed by atoms with E-state index in [4.69, 9.17) is 5.73 Å². The molecule has 0 saturated carbocycles. The number of thiazole rings is 1. The van der Waals surface area contributed by atoms with Crippen molar-refractivity contribution in [3.63, 3.8) is 0 Å². The van der Waals surface area contributed by atoms with Gasteiger partial charge in [0, 0.05) is 11.3 Å². The van der Waals surface area contributed by atoms with Gasteiger partial charge in [-0.3, -0.25) is 0 Å². The molecular weight excluding hydrogens is 180 g/mol. The second-order valence-electron chi connectivity index (χ2n) is 3.38. The number of hydrogen-bond acceptors (Lipinski definition) is 3. The van der Waals surface area contributed by atoms with Gasteiger partial charge >= 0.3 is 0 Å². The van der Waals surface area contributed by atoms with E-state index in [0.717, 1.165) is 0 Å². The average molecular weight is 198 g/mol. The molecule has 0 spiro atoms. The van der Waals surface area contributed by atoms with Gasteiger partial charge in [0.1, 0.15) is 0 Å². The summed E-state index contributed by atoms with van der Waals surface area (Å²) in [4.78, 5) is 4.34. The van der Waals surface area contributed by atoms with Gasteiger partial charge < -0.3 is 5.73 Å². The van der Waals surface area contributed by atoms with E-state index < -0.39 is 0 Å². The van der Waals surface area contributed by atoms with Crippen molar-refractivity contribution in [1.82, 2.24) is 4.98 Å². The molecule has 2 nitrogen and oxygen atoms in total. The molecule has 1 aromatic rings. The predicted octanol–water partition coefficient (Wildman–Crippen LogP) is 3.41. The summed E-state index contributed by atoms with van der Waals surface area (Å²) in [5, 5.41) is 2.80. The fourth-order valence-corrected chi connectivity index (χ4v) is 2.27. The third kappa shape index (κ3) is 2.99. The van der Waals surface area contributed by atoms with Crippen LogP contribution in [0.3, 0.4) is 0 Å². The maximum atomic E-state index is 5.62. The lowest BCUT2D eigenvalue weighted by Gasteiger charge is -2.11. The number of anilines is 1. The van der Waals surface area contributed by atoms with Crippen molar-refractivity contribution in [2.45, 2.75) is 45.4 Å². The number of aromatic nitrogens is 1. The van der Waals surface area contributed by atoms with Crippen molar-refractivity contribution >= 4 is 16.5 Å². The molecule has 0 aliphatic rings. The number of nitrogens with two attached hydrogens (primary N) is 1. The molecule has 0 fully saturated rings. The van der Waals surface area contributed by atoms with E-state index >= 15 is 0 Å². The molecule has 0 unspecified atom stereocenters. The van der Waals surface area contributed by atoms with E-state index in [9.17, 15) is 0 Å². The smallest absolute Gasteiger partial charge is 0.180 e. The first-order valence-corrected chi connectivity index (χ1v) is 5.86. The molecule has 3 heteroatoms. The van der Waals surface area contributed by atoms with Crippen molar-refractivity contribution in [1.29, 1.82) is 0 Å². The number of nitrogens with zero attached hydrogens (tertiary/aromatic N) is 1. The van der Waals surface area contributed by atoms with Gasteiger partial charge in [0.05, 0.1) is 5.69 Å². The largest absolute Gasteiger partial charge is 0.375 e. The van der Waals surface area contributed by atoms with Crippen LogP contribution in [0.5, 0.6) is 0 Å². The minimum atomic E-state index is 0.628. The maximum Gasteiger partial charge on any atom is 0.180 e. The highest BCUT2D eigenvalue weighted by Gasteiger charge is 2.12. The quantitative estimate of drug-likeness (QED) is 0.787. The molecule has 0 aliphatic carbocycles. The van der Waals surface area contributed by atoms with Crippen molar-refractivity contribution in [3.05, 3.63) is 11.1 Å². The summed E-state index contributed by atoms with van der Waals surface area (Å²) < 4.78 is 0. The van der Waals surface area contributed by atoms with Crippen molar-refractivity contribution in [3.8, 4) is 0 Å². The summed E-state index contributed by atoms with van der Waals surface area (Å²) in [5.41, 5.74) is 6.82. The first-order chi connectivity index (χ1) is 6.27. The van der Waals surface area contributed by atoms with Crippen LogP contribution in [0.25, 0.3) is 0 Å². The highest BCUT2D eigenvalue weighted by molar-refractivity contribution is 7.13. The Morgan fingerprint density at radius 2 is 2.00 bits per heavy atom. The van der Waals surface area contributed by atoms with E-state index in [1.54, 1.807) is 11.3 Å². The van der Waals surface area contributed by atoms with Crippen LogP contribution in [-0.4, -0.2) is 4.98 Å². The number of rotatable bonds is 5. The predicted molar refractivity (Wildman–Crippen MR) is 59.1 cm³/mol. The molecule has 0 aromatic carbocycles. The maximum absolute atomic E-state index is 5.62. The van der Waals surface area contributed by atoms with Crippen LogP contribution in [0.2, 0.25) is 0 Å². The van der Waals surface area contributed by atoms with Crippen LogP contribution in [0.15, 0.2) is 5.38 Å². The lowest BCUT2D eigenvalue weighted by molar-refractivity contribution is 0.551. The Labute approximate surface area is 84.2 Å². The van der Waals surface area contributed by atoms with Gasteiger partial charge in [-0.15, -0.1) is 11.3 Å². The summed E-state index contributed by atoms with van der Waals surface area (Å²) in [6.45, 7) is 4.44. The van der Waals surface area contributed by atoms with Gasteiger partial charge in [-0.2, -0.15) is 0 Å². The fourth-order valence-electron chi connectivity index (χ4n) is 1.63. The molecule has 1 aromatic heterocycles. The molecule has 13 heavy (non-hydrogen) atoms. The van der Waals surface area contributed by atoms with Gasteiger partial charge in [0.25, 0.3) is 0 Å². The summed E-state index contributed by atoms with van der Waals surface area (Å²) in [7, 11) is 0. The van der Waals surface area contributed by atoms with Gasteiger partial charge in [-0.25, -0.2) is 4.98 Å². The van der Waals surface area contributed by atoms with Crippen molar-refractivity contribution in [2.24, 2.45) is 0 Å². The molecule has 1 heterocycles. The van der Waals surface area contributed by atoms with E-state index in [1.165, 1.54) is 31.4 Å². The number of hydrogen-bond donors (Lipinski definition) is 1. The van der Waals surface area contributed by atoms with E-state index in [1.807, 2.05) is 0 Å². The Hall–Kier alpha value is -0.570. The molecule has 0 atom stereocenters. The Balaban J connectivity index is 2.63. The van der Waals surface area contributed by atoms with Gasteiger partial charge in [-0.05, 0) is 12.8 Å². The Bertz CT molecular complexity index is 239. The molecule has 1 rings (SSSR count). The van der Waals surface area contributed by atoms with Crippen LogP contribution >= 0.6 is 11.3 Å². The lowest BCUT2D eigenvalue weighted by Crippen LogP contribution is -1.99. The molecule has 0 radical (unpaired) electrons. The van der Waals surface area contributed by atoms with Gasteiger partial charge in [-0.1, -0.05) is 26.7 Å². The third-order valence-corrected chi connectivity index (χ3v) is 2.92. The molecular formula is C10H18N2S. The minimum Gasteiger partial charge on any atom is -0.375 e. The Kier molecular flexibility index (Phi) is 4.22. The standard InChI is InChI=1S/C10H18N2S/c1-3-5-8(6-4-2)9-7-13-10(11)12-9/h7-8H,3-6H2,1-2H3,(H2,11,12). The summed E-state index contributed by atoms with van der Waals surface area (Å²) in [6.07, 6.45) is 4.91. The topological polar surface area (TPSA) is 38.9 Å². The molecule has 0 saturated heterocycles. The second kappa shape index (κ2) is 5.22. The fraction of sp³-hybridized carbons (Fsp3) is 0.700. The Morgan fingerprint density at radius 3 is 2.38 bits per heavy atom. The monoisotopic (exact) mass is 198 g/mol. The highest BCUT2D eigenvalue weighted by atomic mass is 32.1. The van der Waals surface area contributed by atoms with E-state index in [2.05, 4.69) is 24.2 Å².